The minimum absolute atomic E-state index is 0.00420. The molecule has 3 atom stereocenters. The van der Waals surface area contributed by atoms with Gasteiger partial charge in [-0.2, -0.15) is 0 Å². The first-order valence-electron chi connectivity index (χ1n) is 13.1. The zero-order chi connectivity index (χ0) is 25.5. The smallest absolute Gasteiger partial charge is 0.221 e. The van der Waals surface area contributed by atoms with Gasteiger partial charge in [0.25, 0.3) is 0 Å². The first-order chi connectivity index (χ1) is 18.2. The van der Waals surface area contributed by atoms with E-state index in [0.717, 1.165) is 36.2 Å². The lowest BCUT2D eigenvalue weighted by atomic mass is 9.78. The molecule has 0 bridgehead atoms. The first-order valence-corrected chi connectivity index (χ1v) is 13.5. The topological polar surface area (TPSA) is 41.1 Å². The van der Waals surface area contributed by atoms with Gasteiger partial charge in [0.05, 0.1) is 0 Å². The van der Waals surface area contributed by atoms with Crippen LogP contribution in [0.2, 0.25) is 5.02 Å². The highest BCUT2D eigenvalue weighted by Crippen LogP contribution is 2.35. The van der Waals surface area contributed by atoms with Crippen LogP contribution in [0.1, 0.15) is 46.9 Å². The van der Waals surface area contributed by atoms with E-state index in [2.05, 4.69) is 71.3 Å². The summed E-state index contributed by atoms with van der Waals surface area (Å²) < 4.78 is 0. The van der Waals surface area contributed by atoms with Crippen molar-refractivity contribution in [1.29, 1.82) is 0 Å². The van der Waals surface area contributed by atoms with Crippen LogP contribution < -0.4 is 10.6 Å². The Kier molecular flexibility index (Phi) is 8.35. The summed E-state index contributed by atoms with van der Waals surface area (Å²) in [5.41, 5.74) is 4.67. The van der Waals surface area contributed by atoms with Crippen molar-refractivity contribution < 1.29 is 4.79 Å². The minimum Gasteiger partial charge on any atom is -0.352 e. The molecule has 3 nitrogen and oxygen atoms in total. The number of rotatable bonds is 9. The maximum absolute atomic E-state index is 13.8. The van der Waals surface area contributed by atoms with Crippen molar-refractivity contribution in [3.8, 4) is 0 Å². The Hall–Kier alpha value is -3.40. The lowest BCUT2D eigenvalue weighted by Crippen LogP contribution is -2.46. The fourth-order valence-electron chi connectivity index (χ4n) is 5.62. The number of carbonyl (C=O) groups is 1. The van der Waals surface area contributed by atoms with E-state index in [1.807, 2.05) is 54.6 Å². The van der Waals surface area contributed by atoms with Gasteiger partial charge in [-0.05, 0) is 59.8 Å². The van der Waals surface area contributed by atoms with E-state index in [9.17, 15) is 4.79 Å². The van der Waals surface area contributed by atoms with Gasteiger partial charge in [-0.1, -0.05) is 115 Å². The van der Waals surface area contributed by atoms with Crippen molar-refractivity contribution in [3.63, 3.8) is 0 Å². The lowest BCUT2D eigenvalue weighted by Gasteiger charge is -2.34. The van der Waals surface area contributed by atoms with Crippen molar-refractivity contribution >= 4 is 17.5 Å². The third kappa shape index (κ3) is 6.30. The maximum Gasteiger partial charge on any atom is 0.221 e. The summed E-state index contributed by atoms with van der Waals surface area (Å²) in [6, 6.07) is 39.2. The molecule has 2 N–H and O–H groups in total. The molecule has 1 heterocycles. The third-order valence-electron chi connectivity index (χ3n) is 7.47. The van der Waals surface area contributed by atoms with E-state index in [-0.39, 0.29) is 23.8 Å². The van der Waals surface area contributed by atoms with E-state index in [1.54, 1.807) is 0 Å². The molecule has 1 saturated heterocycles. The van der Waals surface area contributed by atoms with E-state index < -0.39 is 0 Å². The van der Waals surface area contributed by atoms with Crippen molar-refractivity contribution in [3.05, 3.63) is 143 Å². The molecule has 0 aromatic heterocycles. The zero-order valence-electron chi connectivity index (χ0n) is 20.9. The fraction of sp³-hybridized carbons (Fsp3) is 0.242. The summed E-state index contributed by atoms with van der Waals surface area (Å²) in [4.78, 5) is 13.8. The lowest BCUT2D eigenvalue weighted by molar-refractivity contribution is -0.122. The van der Waals surface area contributed by atoms with E-state index in [4.69, 9.17) is 11.6 Å². The minimum atomic E-state index is -0.0433. The second kappa shape index (κ2) is 12.2. The van der Waals surface area contributed by atoms with Gasteiger partial charge >= 0.3 is 0 Å². The predicted molar refractivity (Wildman–Crippen MR) is 152 cm³/mol. The Bertz CT molecular complexity index is 1220. The standard InChI is InChI=1S/C33H33ClN2O/c34-29-18-16-27(17-19-29)32(26-14-8-3-9-15-26)33(28-20-21-35-23-28)36-31(37)22-30(24-10-4-1-5-11-24)25-12-6-2-7-13-25/h1-19,28,30,32-33,35H,20-23H2,(H,36,37). The van der Waals surface area contributed by atoms with E-state index >= 15 is 0 Å². The van der Waals surface area contributed by atoms with Crippen LogP contribution in [0.5, 0.6) is 0 Å². The molecule has 0 radical (unpaired) electrons. The van der Waals surface area contributed by atoms with Crippen LogP contribution >= 0.6 is 11.6 Å². The molecular weight excluding hydrogens is 476 g/mol. The van der Waals surface area contributed by atoms with Gasteiger partial charge in [0, 0.05) is 29.3 Å². The molecule has 4 heteroatoms. The summed E-state index contributed by atoms with van der Waals surface area (Å²) in [5, 5.41) is 7.76. The highest BCUT2D eigenvalue weighted by Gasteiger charge is 2.35. The first kappa shape index (κ1) is 25.3. The predicted octanol–water partition coefficient (Wildman–Crippen LogP) is 6.79. The van der Waals surface area contributed by atoms with Gasteiger partial charge in [0.2, 0.25) is 5.91 Å². The van der Waals surface area contributed by atoms with Crippen LogP contribution in [-0.4, -0.2) is 25.0 Å². The Morgan fingerprint density at radius 3 is 1.78 bits per heavy atom. The van der Waals surface area contributed by atoms with Gasteiger partial charge in [-0.25, -0.2) is 0 Å². The molecule has 5 rings (SSSR count). The normalized spacial score (nSPS) is 16.9. The Balaban J connectivity index is 1.47. The monoisotopic (exact) mass is 508 g/mol. The molecule has 1 aliphatic rings. The van der Waals surface area contributed by atoms with Crippen LogP contribution in [0.15, 0.2) is 115 Å². The Morgan fingerprint density at radius 2 is 1.27 bits per heavy atom. The molecule has 37 heavy (non-hydrogen) atoms. The highest BCUT2D eigenvalue weighted by atomic mass is 35.5. The molecule has 1 fully saturated rings. The zero-order valence-corrected chi connectivity index (χ0v) is 21.6. The summed E-state index contributed by atoms with van der Waals surface area (Å²) >= 11 is 6.25. The van der Waals surface area contributed by atoms with Gasteiger partial charge in [0.15, 0.2) is 0 Å². The van der Waals surface area contributed by atoms with Gasteiger partial charge < -0.3 is 10.6 Å². The van der Waals surface area contributed by atoms with Crippen LogP contribution in [0, 0.1) is 5.92 Å². The molecule has 0 aliphatic carbocycles. The average Bonchev–Trinajstić information content (AvgIpc) is 3.49. The van der Waals surface area contributed by atoms with Crippen molar-refractivity contribution in [2.75, 3.05) is 13.1 Å². The summed E-state index contributed by atoms with van der Waals surface area (Å²) in [6.45, 7) is 1.86. The number of halogens is 1. The van der Waals surface area contributed by atoms with Gasteiger partial charge in [-0.3, -0.25) is 4.79 Å². The Labute approximate surface area is 224 Å². The van der Waals surface area contributed by atoms with Crippen molar-refractivity contribution in [2.24, 2.45) is 5.92 Å². The molecule has 1 amide bonds. The number of carbonyl (C=O) groups excluding carboxylic acids is 1. The largest absolute Gasteiger partial charge is 0.352 e. The highest BCUT2D eigenvalue weighted by molar-refractivity contribution is 6.30. The van der Waals surface area contributed by atoms with Gasteiger partial charge in [0.1, 0.15) is 0 Å². The van der Waals surface area contributed by atoms with Crippen LogP contribution in [-0.2, 0) is 4.79 Å². The molecule has 1 aliphatic heterocycles. The maximum atomic E-state index is 13.8. The van der Waals surface area contributed by atoms with E-state index in [0.29, 0.717) is 17.4 Å². The van der Waals surface area contributed by atoms with Crippen LogP contribution in [0.4, 0.5) is 0 Å². The third-order valence-corrected chi connectivity index (χ3v) is 7.73. The van der Waals surface area contributed by atoms with E-state index in [1.165, 1.54) is 5.56 Å². The molecule has 4 aromatic rings. The van der Waals surface area contributed by atoms with Crippen molar-refractivity contribution in [2.45, 2.75) is 30.7 Å². The number of benzene rings is 4. The SMILES string of the molecule is O=C(CC(c1ccccc1)c1ccccc1)NC(C1CCNC1)C(c1ccccc1)c1ccc(Cl)cc1. The van der Waals surface area contributed by atoms with Gasteiger partial charge in [-0.15, -0.1) is 0 Å². The number of hydrogen-bond acceptors (Lipinski definition) is 2. The molecule has 3 unspecified atom stereocenters. The molecule has 0 saturated carbocycles. The second-order valence-electron chi connectivity index (χ2n) is 9.86. The fourth-order valence-corrected chi connectivity index (χ4v) is 5.75. The van der Waals surface area contributed by atoms with Crippen molar-refractivity contribution in [1.82, 2.24) is 10.6 Å². The molecule has 188 valence electrons. The Morgan fingerprint density at radius 1 is 0.757 bits per heavy atom. The quantitative estimate of drug-likeness (QED) is 0.261. The average molecular weight is 509 g/mol. The summed E-state index contributed by atoms with van der Waals surface area (Å²) in [6.07, 6.45) is 1.43. The summed E-state index contributed by atoms with van der Waals surface area (Å²) in [7, 11) is 0. The van der Waals surface area contributed by atoms with Crippen LogP contribution in [0.3, 0.4) is 0 Å². The van der Waals surface area contributed by atoms with Crippen LogP contribution in [0.25, 0.3) is 0 Å². The number of hydrogen-bond donors (Lipinski definition) is 2. The number of amides is 1. The number of nitrogens with one attached hydrogen (secondary N) is 2. The molecule has 4 aromatic carbocycles. The second-order valence-corrected chi connectivity index (χ2v) is 10.3. The summed E-state index contributed by atoms with van der Waals surface area (Å²) in [5.74, 6) is 0.427. The molecular formula is C33H33ClN2O. The molecule has 0 spiro atoms.